The number of ether oxygens (including phenoxy) is 1. The molecule has 4 aromatic rings. The summed E-state index contributed by atoms with van der Waals surface area (Å²) in [5.41, 5.74) is 5.02. The third-order valence-corrected chi connectivity index (χ3v) is 9.10. The smallest absolute Gasteiger partial charge is 0.254 e. The number of nitrogens with zero attached hydrogens (tertiary/aromatic N) is 2. The standard InChI is InChI=1S/C31H33FN4O4S/c1-3-23-24(8-11-28(30(23)32)41(2,38)39)31(37)36-13-14-40-27-10-7-19(15-21(27)18-36)20-6-9-25-26(16-20)35-29(34-25)17-22-5-4-12-33-22/h6-11,15-16,22,33H,3-5,12-14,17-18H2,1-2H3,(H,34,35). The van der Waals surface area contributed by atoms with Gasteiger partial charge in [0.2, 0.25) is 0 Å². The van der Waals surface area contributed by atoms with Gasteiger partial charge in [0.1, 0.15) is 28.9 Å². The van der Waals surface area contributed by atoms with Crippen LogP contribution in [0.2, 0.25) is 0 Å². The maximum Gasteiger partial charge on any atom is 0.254 e. The van der Waals surface area contributed by atoms with Gasteiger partial charge in [-0.15, -0.1) is 0 Å². The molecular formula is C31H33FN4O4S. The Kier molecular flexibility index (Phi) is 7.29. The first-order chi connectivity index (χ1) is 19.7. The number of nitrogens with one attached hydrogen (secondary N) is 2. The van der Waals surface area contributed by atoms with E-state index < -0.39 is 20.5 Å². The van der Waals surface area contributed by atoms with Crippen molar-refractivity contribution in [2.45, 2.75) is 50.1 Å². The van der Waals surface area contributed by atoms with E-state index in [0.717, 1.165) is 52.8 Å². The number of carbonyl (C=O) groups is 1. The summed E-state index contributed by atoms with van der Waals surface area (Å²) >= 11 is 0. The van der Waals surface area contributed by atoms with E-state index in [1.165, 1.54) is 25.0 Å². The van der Waals surface area contributed by atoms with Crippen molar-refractivity contribution in [1.82, 2.24) is 20.2 Å². The quantitative estimate of drug-likeness (QED) is 0.346. The van der Waals surface area contributed by atoms with Crippen molar-refractivity contribution in [3.05, 3.63) is 76.9 Å². The number of carbonyl (C=O) groups excluding carboxylic acids is 1. The van der Waals surface area contributed by atoms with Crippen molar-refractivity contribution in [1.29, 1.82) is 0 Å². The largest absolute Gasteiger partial charge is 0.491 e. The summed E-state index contributed by atoms with van der Waals surface area (Å²) in [7, 11) is -3.76. The fourth-order valence-electron chi connectivity index (χ4n) is 5.85. The molecule has 2 aliphatic heterocycles. The van der Waals surface area contributed by atoms with Crippen LogP contribution in [0.25, 0.3) is 22.2 Å². The van der Waals surface area contributed by atoms with Crippen LogP contribution in [0.3, 0.4) is 0 Å². The number of hydrogen-bond donors (Lipinski definition) is 2. The molecule has 1 fully saturated rings. The van der Waals surface area contributed by atoms with Crippen LogP contribution in [0.5, 0.6) is 5.75 Å². The average Bonchev–Trinajstić information content (AvgIpc) is 3.55. The molecule has 1 aromatic heterocycles. The van der Waals surface area contributed by atoms with E-state index in [1.54, 1.807) is 11.8 Å². The molecule has 0 radical (unpaired) electrons. The van der Waals surface area contributed by atoms with Crippen LogP contribution in [0.1, 0.15) is 47.1 Å². The van der Waals surface area contributed by atoms with Crippen LogP contribution in [0.15, 0.2) is 53.4 Å². The van der Waals surface area contributed by atoms with Crippen LogP contribution in [-0.4, -0.2) is 61.2 Å². The van der Waals surface area contributed by atoms with Crippen molar-refractivity contribution in [2.75, 3.05) is 26.0 Å². The summed E-state index contributed by atoms with van der Waals surface area (Å²) in [6.07, 6.45) is 4.40. The number of aromatic amines is 1. The topological polar surface area (TPSA) is 104 Å². The Labute approximate surface area is 238 Å². The van der Waals surface area contributed by atoms with Gasteiger partial charge in [-0.3, -0.25) is 4.79 Å². The van der Waals surface area contributed by atoms with Crippen molar-refractivity contribution in [3.8, 4) is 16.9 Å². The summed E-state index contributed by atoms with van der Waals surface area (Å²) < 4.78 is 45.2. The van der Waals surface area contributed by atoms with E-state index in [-0.39, 0.29) is 30.0 Å². The second-order valence-electron chi connectivity index (χ2n) is 10.8. The Balaban J connectivity index is 1.27. The zero-order chi connectivity index (χ0) is 28.7. The Bertz CT molecular complexity index is 1740. The first-order valence-corrected chi connectivity index (χ1v) is 15.9. The molecule has 1 unspecified atom stereocenters. The number of amides is 1. The number of hydrogen-bond acceptors (Lipinski definition) is 6. The summed E-state index contributed by atoms with van der Waals surface area (Å²) in [6.45, 7) is 3.67. The lowest BCUT2D eigenvalue weighted by Crippen LogP contribution is -2.33. The van der Waals surface area contributed by atoms with E-state index in [9.17, 15) is 13.2 Å². The lowest BCUT2D eigenvalue weighted by atomic mass is 10.0. The van der Waals surface area contributed by atoms with Gasteiger partial charge in [0, 0.05) is 42.0 Å². The first-order valence-electron chi connectivity index (χ1n) is 14.0. The van der Waals surface area contributed by atoms with Crippen molar-refractivity contribution < 1.29 is 22.3 Å². The third-order valence-electron chi connectivity index (χ3n) is 7.99. The number of imidazole rings is 1. The SMILES string of the molecule is CCc1c(C(=O)N2CCOc3ccc(-c4ccc5nc(CC6CCCN6)[nH]c5c4)cc3C2)ccc(S(C)(=O)=O)c1F. The number of aromatic nitrogens is 2. The van der Waals surface area contributed by atoms with Gasteiger partial charge in [-0.25, -0.2) is 17.8 Å². The zero-order valence-electron chi connectivity index (χ0n) is 23.2. The molecule has 0 saturated carbocycles. The lowest BCUT2D eigenvalue weighted by molar-refractivity contribution is 0.0731. The number of rotatable bonds is 6. The monoisotopic (exact) mass is 576 g/mol. The molecule has 1 saturated heterocycles. The van der Waals surface area contributed by atoms with Gasteiger partial charge >= 0.3 is 0 Å². The van der Waals surface area contributed by atoms with Gasteiger partial charge in [0.15, 0.2) is 9.84 Å². The number of halogens is 1. The van der Waals surface area contributed by atoms with E-state index in [4.69, 9.17) is 9.72 Å². The molecule has 0 spiro atoms. The molecule has 8 nitrogen and oxygen atoms in total. The second kappa shape index (κ2) is 10.9. The van der Waals surface area contributed by atoms with Crippen molar-refractivity contribution in [3.63, 3.8) is 0 Å². The highest BCUT2D eigenvalue weighted by Gasteiger charge is 2.27. The van der Waals surface area contributed by atoms with Gasteiger partial charge in [0.25, 0.3) is 5.91 Å². The molecular weight excluding hydrogens is 543 g/mol. The van der Waals surface area contributed by atoms with Gasteiger partial charge in [-0.1, -0.05) is 19.1 Å². The molecule has 41 heavy (non-hydrogen) atoms. The summed E-state index contributed by atoms with van der Waals surface area (Å²) in [4.78, 5) is 23.1. The maximum absolute atomic E-state index is 15.1. The van der Waals surface area contributed by atoms with Gasteiger partial charge < -0.3 is 19.9 Å². The fraction of sp³-hybridized carbons (Fsp3) is 0.355. The number of fused-ring (bicyclic) bond motifs is 2. The molecule has 1 atom stereocenters. The fourth-order valence-corrected chi connectivity index (χ4v) is 6.62. The number of sulfone groups is 1. The van der Waals surface area contributed by atoms with E-state index in [2.05, 4.69) is 16.4 Å². The van der Waals surface area contributed by atoms with Gasteiger partial charge in [0.05, 0.1) is 17.6 Å². The summed E-state index contributed by atoms with van der Waals surface area (Å²) in [5.74, 6) is 0.470. The molecule has 3 aromatic carbocycles. The molecule has 0 bridgehead atoms. The molecule has 6 rings (SSSR count). The average molecular weight is 577 g/mol. The molecule has 214 valence electrons. The minimum absolute atomic E-state index is 0.105. The Morgan fingerprint density at radius 2 is 1.95 bits per heavy atom. The normalized spacial score (nSPS) is 17.3. The van der Waals surface area contributed by atoms with Gasteiger partial charge in [-0.05, 0) is 73.3 Å². The van der Waals surface area contributed by atoms with E-state index in [0.29, 0.717) is 24.9 Å². The molecule has 10 heteroatoms. The highest BCUT2D eigenvalue weighted by molar-refractivity contribution is 7.90. The van der Waals surface area contributed by atoms with Crippen LogP contribution < -0.4 is 10.1 Å². The molecule has 0 aliphatic carbocycles. The maximum atomic E-state index is 15.1. The highest BCUT2D eigenvalue weighted by atomic mass is 32.2. The lowest BCUT2D eigenvalue weighted by Gasteiger charge is -2.22. The number of benzene rings is 3. The molecule has 2 aliphatic rings. The van der Waals surface area contributed by atoms with Crippen molar-refractivity contribution in [2.24, 2.45) is 0 Å². The van der Waals surface area contributed by atoms with Crippen LogP contribution >= 0.6 is 0 Å². The molecule has 1 amide bonds. The third kappa shape index (κ3) is 5.46. The minimum Gasteiger partial charge on any atom is -0.491 e. The Morgan fingerprint density at radius 1 is 1.15 bits per heavy atom. The van der Waals surface area contributed by atoms with Crippen LogP contribution in [0, 0.1) is 5.82 Å². The zero-order valence-corrected chi connectivity index (χ0v) is 24.0. The Morgan fingerprint density at radius 3 is 2.71 bits per heavy atom. The predicted octanol–water partition coefficient (Wildman–Crippen LogP) is 4.66. The second-order valence-corrected chi connectivity index (χ2v) is 12.8. The number of H-pyrrole nitrogens is 1. The minimum atomic E-state index is -3.76. The van der Waals surface area contributed by atoms with Crippen molar-refractivity contribution >= 4 is 26.8 Å². The Hall–Kier alpha value is -3.76. The van der Waals surface area contributed by atoms with Gasteiger partial charge in [-0.2, -0.15) is 0 Å². The molecule has 3 heterocycles. The van der Waals surface area contributed by atoms with Crippen LogP contribution in [0.4, 0.5) is 4.39 Å². The van der Waals surface area contributed by atoms with E-state index in [1.807, 2.05) is 30.3 Å². The van der Waals surface area contributed by atoms with E-state index >= 15 is 4.39 Å². The molecule has 2 N–H and O–H groups in total. The van der Waals surface area contributed by atoms with Crippen LogP contribution in [-0.2, 0) is 29.2 Å². The first kappa shape index (κ1) is 27.4. The highest BCUT2D eigenvalue weighted by Crippen LogP contribution is 2.32. The summed E-state index contributed by atoms with van der Waals surface area (Å²) in [6, 6.07) is 15.2. The predicted molar refractivity (Wildman–Crippen MR) is 155 cm³/mol. The summed E-state index contributed by atoms with van der Waals surface area (Å²) in [5, 5.41) is 3.52.